The molecule has 0 spiro atoms. The normalized spacial score (nSPS) is 11.9. The molecule has 2 aromatic rings. The average molecular weight is 305 g/mol. The van der Waals surface area contributed by atoms with Gasteiger partial charge in [0.15, 0.2) is 0 Å². The lowest BCUT2D eigenvalue weighted by Crippen LogP contribution is -2.29. The smallest absolute Gasteiger partial charge is 0.255 e. The first kappa shape index (κ1) is 14.0. The van der Waals surface area contributed by atoms with Crippen molar-refractivity contribution in [1.82, 2.24) is 24.3 Å². The fraction of sp³-hybridized carbons (Fsp3) is 0.444. The van der Waals surface area contributed by atoms with Gasteiger partial charge in [-0.25, -0.2) is 13.1 Å². The van der Waals surface area contributed by atoms with Crippen molar-refractivity contribution in [2.45, 2.75) is 6.92 Å². The summed E-state index contributed by atoms with van der Waals surface area (Å²) in [5.41, 5.74) is 0. The van der Waals surface area contributed by atoms with Gasteiger partial charge in [-0.2, -0.15) is 19.6 Å². The molecule has 0 atom stereocenters. The van der Waals surface area contributed by atoms with E-state index in [4.69, 9.17) is 11.6 Å². The number of nitrogens with one attached hydrogen (secondary N) is 2. The van der Waals surface area contributed by atoms with Gasteiger partial charge in [-0.15, -0.1) is 0 Å². The van der Waals surface area contributed by atoms with E-state index in [2.05, 4.69) is 25.1 Å². The van der Waals surface area contributed by atoms with Crippen LogP contribution in [0, 0.1) is 0 Å². The van der Waals surface area contributed by atoms with E-state index in [9.17, 15) is 8.42 Å². The fourth-order valence-electron chi connectivity index (χ4n) is 1.51. The molecule has 2 aromatic heterocycles. The molecule has 0 aromatic carbocycles. The minimum absolute atomic E-state index is 0.0447. The van der Waals surface area contributed by atoms with Crippen LogP contribution in [0.1, 0.15) is 6.92 Å². The Labute approximate surface area is 115 Å². The SMILES string of the molecule is CCNS(=O)(=O)CCNc1cc(Cl)nc2ncnn12. The van der Waals surface area contributed by atoms with Gasteiger partial charge in [0, 0.05) is 19.2 Å². The maximum absolute atomic E-state index is 11.5. The summed E-state index contributed by atoms with van der Waals surface area (Å²) in [7, 11) is -3.26. The van der Waals surface area contributed by atoms with Crippen molar-refractivity contribution in [2.75, 3.05) is 24.2 Å². The maximum Gasteiger partial charge on any atom is 0.255 e. The monoisotopic (exact) mass is 304 g/mol. The molecule has 2 N–H and O–H groups in total. The van der Waals surface area contributed by atoms with Crippen molar-refractivity contribution >= 4 is 33.2 Å². The molecule has 0 fully saturated rings. The molecule has 2 heterocycles. The zero-order chi connectivity index (χ0) is 13.9. The van der Waals surface area contributed by atoms with Crippen LogP contribution in [0.2, 0.25) is 5.15 Å². The highest BCUT2D eigenvalue weighted by atomic mass is 35.5. The topological polar surface area (TPSA) is 101 Å². The number of fused-ring (bicyclic) bond motifs is 1. The minimum Gasteiger partial charge on any atom is -0.369 e. The highest BCUT2D eigenvalue weighted by Crippen LogP contribution is 2.13. The van der Waals surface area contributed by atoms with Crippen molar-refractivity contribution in [3.63, 3.8) is 0 Å². The van der Waals surface area contributed by atoms with E-state index in [1.807, 2.05) is 0 Å². The van der Waals surface area contributed by atoms with Crippen LogP contribution in [-0.2, 0) is 10.0 Å². The molecule has 0 aliphatic heterocycles. The van der Waals surface area contributed by atoms with Crippen LogP contribution >= 0.6 is 11.6 Å². The van der Waals surface area contributed by atoms with Gasteiger partial charge < -0.3 is 5.32 Å². The number of rotatable bonds is 6. The molecule has 104 valence electrons. The molecule has 10 heteroatoms. The number of anilines is 1. The second kappa shape index (κ2) is 5.68. The van der Waals surface area contributed by atoms with Gasteiger partial charge in [-0.05, 0) is 0 Å². The molecule has 8 nitrogen and oxygen atoms in total. The summed E-state index contributed by atoms with van der Waals surface area (Å²) >= 11 is 5.84. The largest absolute Gasteiger partial charge is 0.369 e. The molecule has 0 saturated carbocycles. The van der Waals surface area contributed by atoms with Crippen LogP contribution in [-0.4, -0.2) is 46.8 Å². The van der Waals surface area contributed by atoms with E-state index in [0.29, 0.717) is 18.1 Å². The van der Waals surface area contributed by atoms with Crippen LogP contribution in [0.5, 0.6) is 0 Å². The lowest BCUT2D eigenvalue weighted by atomic mass is 10.5. The Hall–Kier alpha value is -1.45. The van der Waals surface area contributed by atoms with Crippen molar-refractivity contribution in [3.05, 3.63) is 17.5 Å². The number of hydrogen-bond donors (Lipinski definition) is 2. The molecule has 0 radical (unpaired) electrons. The van der Waals surface area contributed by atoms with Crippen LogP contribution < -0.4 is 10.0 Å². The first-order valence-electron chi connectivity index (χ1n) is 5.59. The van der Waals surface area contributed by atoms with Gasteiger partial charge in [0.2, 0.25) is 10.0 Å². The third-order valence-corrected chi connectivity index (χ3v) is 3.93. The number of hydrogen-bond acceptors (Lipinski definition) is 6. The summed E-state index contributed by atoms with van der Waals surface area (Å²) in [5.74, 6) is 0.848. The Kier molecular flexibility index (Phi) is 4.17. The fourth-order valence-corrected chi connectivity index (χ4v) is 2.65. The van der Waals surface area contributed by atoms with E-state index >= 15 is 0 Å². The minimum atomic E-state index is -3.26. The second-order valence-corrected chi connectivity index (χ2v) is 5.99. The first-order valence-corrected chi connectivity index (χ1v) is 7.62. The molecule has 0 unspecified atom stereocenters. The summed E-state index contributed by atoms with van der Waals surface area (Å²) in [6.07, 6.45) is 1.35. The number of nitrogens with zero attached hydrogens (tertiary/aromatic N) is 4. The van der Waals surface area contributed by atoms with E-state index in [-0.39, 0.29) is 17.5 Å². The lowest BCUT2D eigenvalue weighted by Gasteiger charge is -2.08. The van der Waals surface area contributed by atoms with Crippen LogP contribution in [0.3, 0.4) is 0 Å². The molecule has 0 amide bonds. The van der Waals surface area contributed by atoms with Gasteiger partial charge >= 0.3 is 0 Å². The summed E-state index contributed by atoms with van der Waals surface area (Å²) < 4.78 is 26.8. The summed E-state index contributed by atoms with van der Waals surface area (Å²) in [4.78, 5) is 7.88. The standard InChI is InChI=1S/C9H13ClN6O2S/c1-2-14-19(17,18)4-3-11-8-5-7(10)15-9-12-6-13-16(8)9/h5-6,11,14H,2-4H2,1H3. The molecule has 0 aliphatic carbocycles. The van der Waals surface area contributed by atoms with Crippen LogP contribution in [0.15, 0.2) is 12.4 Å². The van der Waals surface area contributed by atoms with Crippen LogP contribution in [0.25, 0.3) is 5.78 Å². The van der Waals surface area contributed by atoms with Gasteiger partial charge in [0.05, 0.1) is 5.75 Å². The van der Waals surface area contributed by atoms with E-state index in [0.717, 1.165) is 0 Å². The van der Waals surface area contributed by atoms with Crippen molar-refractivity contribution < 1.29 is 8.42 Å². The highest BCUT2D eigenvalue weighted by molar-refractivity contribution is 7.89. The Morgan fingerprint density at radius 2 is 2.26 bits per heavy atom. The summed E-state index contributed by atoms with van der Waals surface area (Å²) in [6, 6.07) is 1.56. The average Bonchev–Trinajstić information content (AvgIpc) is 2.76. The van der Waals surface area contributed by atoms with Crippen LogP contribution in [0.4, 0.5) is 5.82 Å². The predicted molar refractivity (Wildman–Crippen MR) is 71.7 cm³/mol. The molecular weight excluding hydrogens is 292 g/mol. The molecular formula is C9H13ClN6O2S. The zero-order valence-electron chi connectivity index (χ0n) is 10.2. The Morgan fingerprint density at radius 1 is 1.47 bits per heavy atom. The third-order valence-electron chi connectivity index (χ3n) is 2.26. The summed E-state index contributed by atoms with van der Waals surface area (Å²) in [6.45, 7) is 2.33. The van der Waals surface area contributed by atoms with E-state index in [1.165, 1.54) is 10.8 Å². The molecule has 0 saturated heterocycles. The number of halogens is 1. The first-order chi connectivity index (χ1) is 9.02. The van der Waals surface area contributed by atoms with Crippen molar-refractivity contribution in [3.8, 4) is 0 Å². The zero-order valence-corrected chi connectivity index (χ0v) is 11.7. The third kappa shape index (κ3) is 3.52. The van der Waals surface area contributed by atoms with E-state index in [1.54, 1.807) is 13.0 Å². The maximum atomic E-state index is 11.5. The Morgan fingerprint density at radius 3 is 3.00 bits per heavy atom. The lowest BCUT2D eigenvalue weighted by molar-refractivity contribution is 0.584. The van der Waals surface area contributed by atoms with Crippen molar-refractivity contribution in [1.29, 1.82) is 0 Å². The molecule has 2 rings (SSSR count). The Balaban J connectivity index is 2.08. The van der Waals surface area contributed by atoms with Gasteiger partial charge in [0.1, 0.15) is 17.3 Å². The number of aromatic nitrogens is 4. The van der Waals surface area contributed by atoms with Gasteiger partial charge in [-0.3, -0.25) is 0 Å². The van der Waals surface area contributed by atoms with Gasteiger partial charge in [0.25, 0.3) is 5.78 Å². The predicted octanol–water partition coefficient (Wildman–Crippen LogP) is 0.129. The number of sulfonamides is 1. The second-order valence-electron chi connectivity index (χ2n) is 3.68. The molecule has 0 aliphatic rings. The van der Waals surface area contributed by atoms with Gasteiger partial charge in [-0.1, -0.05) is 18.5 Å². The summed E-state index contributed by atoms with van der Waals surface area (Å²) in [5, 5.41) is 7.18. The highest BCUT2D eigenvalue weighted by Gasteiger charge is 2.10. The molecule has 19 heavy (non-hydrogen) atoms. The van der Waals surface area contributed by atoms with E-state index < -0.39 is 10.0 Å². The Bertz CT molecular complexity index is 670. The molecule has 0 bridgehead atoms. The quantitative estimate of drug-likeness (QED) is 0.736. The van der Waals surface area contributed by atoms with Crippen molar-refractivity contribution in [2.24, 2.45) is 0 Å².